The lowest BCUT2D eigenvalue weighted by molar-refractivity contribution is 0.669. The van der Waals surface area contributed by atoms with E-state index in [0.29, 0.717) is 0 Å². The van der Waals surface area contributed by atoms with Gasteiger partial charge in [-0.2, -0.15) is 0 Å². The minimum absolute atomic E-state index is 0.465. The van der Waals surface area contributed by atoms with E-state index in [9.17, 15) is 0 Å². The molecule has 62 heavy (non-hydrogen) atoms. The van der Waals surface area contributed by atoms with Crippen molar-refractivity contribution in [2.45, 2.75) is 5.41 Å². The Morgan fingerprint density at radius 1 is 0.355 bits per heavy atom. The zero-order chi connectivity index (χ0) is 40.5. The summed E-state index contributed by atoms with van der Waals surface area (Å²) in [5.41, 5.74) is 18.6. The second-order valence-corrected chi connectivity index (χ2v) is 16.8. The highest BCUT2D eigenvalue weighted by atomic mass is 16.3. The Morgan fingerprint density at radius 3 is 1.73 bits per heavy atom. The van der Waals surface area contributed by atoms with Gasteiger partial charge in [-0.15, -0.1) is 0 Å². The van der Waals surface area contributed by atoms with Gasteiger partial charge < -0.3 is 13.9 Å². The smallest absolute Gasteiger partial charge is 0.135 e. The fraction of sp³-hybridized carbons (Fsp3) is 0.0169. The van der Waals surface area contributed by atoms with Crippen molar-refractivity contribution >= 4 is 71.6 Å². The van der Waals surface area contributed by atoms with E-state index < -0.39 is 5.41 Å². The third-order valence-corrected chi connectivity index (χ3v) is 13.8. The molecule has 3 nitrogen and oxygen atoms in total. The maximum Gasteiger partial charge on any atom is 0.135 e. The summed E-state index contributed by atoms with van der Waals surface area (Å²) in [7, 11) is 0. The predicted molar refractivity (Wildman–Crippen MR) is 257 cm³/mol. The van der Waals surface area contributed by atoms with Crippen LogP contribution in [0.5, 0.6) is 0 Å². The van der Waals surface area contributed by atoms with Crippen LogP contribution in [0.15, 0.2) is 223 Å². The predicted octanol–water partition coefficient (Wildman–Crippen LogP) is 15.6. The standard InChI is InChI=1S/C59H36N2O/c1-2-15-37(16-3-1)60(39-29-31-44-43-20-7-12-27-53(43)61(55(44)36-39)38-30-34-57-48(35-38)45-21-8-13-28-56(45)62-57)54-33-32-46-42-19-6-11-25-51(42)59(52-26-14-22-47(54)58(46)52)49-23-9-4-17-40(49)41-18-5-10-24-50(41)59/h1-36H. The van der Waals surface area contributed by atoms with Crippen LogP contribution in [0.3, 0.4) is 0 Å². The zero-order valence-electron chi connectivity index (χ0n) is 33.6. The molecule has 0 N–H and O–H groups in total. The van der Waals surface area contributed by atoms with Crippen LogP contribution in [0.1, 0.15) is 22.3 Å². The molecule has 0 amide bonds. The lowest BCUT2D eigenvalue weighted by atomic mass is 9.61. The number of furan rings is 1. The van der Waals surface area contributed by atoms with Gasteiger partial charge >= 0.3 is 0 Å². The fourth-order valence-corrected chi connectivity index (χ4v) is 11.4. The molecule has 0 saturated heterocycles. The summed E-state index contributed by atoms with van der Waals surface area (Å²) in [5, 5.41) is 7.19. The van der Waals surface area contributed by atoms with Gasteiger partial charge in [-0.1, -0.05) is 158 Å². The van der Waals surface area contributed by atoms with Crippen molar-refractivity contribution in [1.29, 1.82) is 0 Å². The van der Waals surface area contributed by atoms with Crippen LogP contribution in [0.4, 0.5) is 17.1 Å². The molecule has 2 aromatic heterocycles. The van der Waals surface area contributed by atoms with Gasteiger partial charge in [0.05, 0.1) is 22.1 Å². The van der Waals surface area contributed by atoms with Gasteiger partial charge in [0.1, 0.15) is 11.2 Å². The van der Waals surface area contributed by atoms with Crippen LogP contribution < -0.4 is 4.90 Å². The highest BCUT2D eigenvalue weighted by molar-refractivity contribution is 6.14. The van der Waals surface area contributed by atoms with E-state index in [1.54, 1.807) is 0 Å². The molecule has 0 fully saturated rings. The second-order valence-electron chi connectivity index (χ2n) is 16.8. The molecule has 3 heteroatoms. The molecule has 0 aliphatic heterocycles. The zero-order valence-corrected chi connectivity index (χ0v) is 33.6. The highest BCUT2D eigenvalue weighted by Gasteiger charge is 2.50. The Bertz CT molecular complexity index is 3790. The first-order valence-electron chi connectivity index (χ1n) is 21.4. The Morgan fingerprint density at radius 2 is 0.952 bits per heavy atom. The lowest BCUT2D eigenvalue weighted by Gasteiger charge is -2.40. The molecule has 2 aliphatic rings. The van der Waals surface area contributed by atoms with Crippen LogP contribution >= 0.6 is 0 Å². The van der Waals surface area contributed by atoms with Gasteiger partial charge in [0, 0.05) is 44.0 Å². The molecule has 2 aliphatic carbocycles. The van der Waals surface area contributed by atoms with Crippen molar-refractivity contribution in [3.63, 3.8) is 0 Å². The minimum atomic E-state index is -0.465. The third-order valence-electron chi connectivity index (χ3n) is 13.8. The first-order chi connectivity index (χ1) is 30.8. The van der Waals surface area contributed by atoms with Gasteiger partial charge in [-0.3, -0.25) is 0 Å². The molecule has 14 rings (SSSR count). The van der Waals surface area contributed by atoms with Crippen LogP contribution in [-0.2, 0) is 5.41 Å². The molecular formula is C59H36N2O. The molecule has 0 bridgehead atoms. The van der Waals surface area contributed by atoms with E-state index in [2.05, 4.69) is 216 Å². The SMILES string of the molecule is c1ccc(N(c2ccc3c4ccccc4n(-c4ccc5oc6ccccc6c5c4)c3c2)c2ccc3c4c(cccc24)C2(c4ccccc4-c4ccccc42)c2ccccc2-3)cc1. The first kappa shape index (κ1) is 33.7. The molecule has 2 heterocycles. The molecule has 0 unspecified atom stereocenters. The van der Waals surface area contributed by atoms with Crippen molar-refractivity contribution in [3.05, 3.63) is 241 Å². The average molecular weight is 789 g/mol. The van der Waals surface area contributed by atoms with Gasteiger partial charge in [0.15, 0.2) is 0 Å². The number of aromatic nitrogens is 1. The summed E-state index contributed by atoms with van der Waals surface area (Å²) in [6.45, 7) is 0. The summed E-state index contributed by atoms with van der Waals surface area (Å²) in [6, 6.07) is 80.5. The van der Waals surface area contributed by atoms with Crippen LogP contribution in [0, 0.1) is 0 Å². The summed E-state index contributed by atoms with van der Waals surface area (Å²) in [6.07, 6.45) is 0. The van der Waals surface area contributed by atoms with E-state index in [4.69, 9.17) is 4.42 Å². The number of fused-ring (bicyclic) bond motifs is 15. The number of benzene rings is 10. The van der Waals surface area contributed by atoms with Crippen LogP contribution in [-0.4, -0.2) is 4.57 Å². The van der Waals surface area contributed by atoms with Crippen molar-refractivity contribution in [2.75, 3.05) is 4.90 Å². The van der Waals surface area contributed by atoms with Crippen molar-refractivity contribution in [2.24, 2.45) is 0 Å². The number of rotatable bonds is 4. The third kappa shape index (κ3) is 4.34. The van der Waals surface area contributed by atoms with Crippen molar-refractivity contribution in [3.8, 4) is 27.9 Å². The maximum atomic E-state index is 6.28. The summed E-state index contributed by atoms with van der Waals surface area (Å²) < 4.78 is 8.70. The number of anilines is 3. The van der Waals surface area contributed by atoms with E-state index in [1.807, 2.05) is 12.1 Å². The summed E-state index contributed by atoms with van der Waals surface area (Å²) >= 11 is 0. The van der Waals surface area contributed by atoms with E-state index in [0.717, 1.165) is 50.2 Å². The molecule has 1 spiro atoms. The molecule has 0 atom stereocenters. The van der Waals surface area contributed by atoms with Gasteiger partial charge in [0.2, 0.25) is 0 Å². The molecular weight excluding hydrogens is 753 g/mol. The maximum absolute atomic E-state index is 6.28. The topological polar surface area (TPSA) is 21.3 Å². The van der Waals surface area contributed by atoms with Gasteiger partial charge in [-0.05, 0) is 111 Å². The Labute approximate surface area is 358 Å². The van der Waals surface area contributed by atoms with E-state index in [1.165, 1.54) is 71.6 Å². The fourth-order valence-electron chi connectivity index (χ4n) is 11.4. The molecule has 10 aromatic carbocycles. The monoisotopic (exact) mass is 788 g/mol. The van der Waals surface area contributed by atoms with E-state index in [-0.39, 0.29) is 0 Å². The normalized spacial score (nSPS) is 13.3. The van der Waals surface area contributed by atoms with Gasteiger partial charge in [0.25, 0.3) is 0 Å². The largest absolute Gasteiger partial charge is 0.456 e. The summed E-state index contributed by atoms with van der Waals surface area (Å²) in [5.74, 6) is 0. The quantitative estimate of drug-likeness (QED) is 0.177. The van der Waals surface area contributed by atoms with Crippen LogP contribution in [0.25, 0.3) is 82.5 Å². The van der Waals surface area contributed by atoms with Crippen LogP contribution in [0.2, 0.25) is 0 Å². The number of hydrogen-bond donors (Lipinski definition) is 0. The Kier molecular flexibility index (Phi) is 6.76. The Hall–Kier alpha value is -8.14. The van der Waals surface area contributed by atoms with Crippen molar-refractivity contribution < 1.29 is 4.42 Å². The number of hydrogen-bond acceptors (Lipinski definition) is 2. The second kappa shape index (κ2) is 12.4. The molecule has 0 radical (unpaired) electrons. The average Bonchev–Trinajstić information content (AvgIpc) is 3.97. The highest BCUT2D eigenvalue weighted by Crippen LogP contribution is 2.62. The molecule has 12 aromatic rings. The number of para-hydroxylation sites is 3. The number of nitrogens with zero attached hydrogens (tertiary/aromatic N) is 2. The Balaban J connectivity index is 1.05. The minimum Gasteiger partial charge on any atom is -0.456 e. The van der Waals surface area contributed by atoms with Gasteiger partial charge in [-0.25, -0.2) is 0 Å². The summed E-state index contributed by atoms with van der Waals surface area (Å²) in [4.78, 5) is 2.46. The molecule has 288 valence electrons. The van der Waals surface area contributed by atoms with Crippen molar-refractivity contribution in [1.82, 2.24) is 4.57 Å². The molecule has 0 saturated carbocycles. The lowest BCUT2D eigenvalue weighted by Crippen LogP contribution is -2.31. The van der Waals surface area contributed by atoms with E-state index >= 15 is 0 Å². The first-order valence-corrected chi connectivity index (χ1v) is 21.4.